The highest BCUT2D eigenvalue weighted by Crippen LogP contribution is 2.48. The number of ether oxygens (including phenoxy) is 1. The molecule has 5 rings (SSSR count). The van der Waals surface area contributed by atoms with Gasteiger partial charge in [-0.3, -0.25) is 4.79 Å². The third-order valence-electron chi connectivity index (χ3n) is 8.37. The average Bonchev–Trinajstić information content (AvgIpc) is 2.98. The zero-order chi connectivity index (χ0) is 30.1. The number of hydrogen-bond acceptors (Lipinski definition) is 8. The average molecular weight is 582 g/mol. The van der Waals surface area contributed by atoms with E-state index in [1.165, 1.54) is 30.3 Å². The summed E-state index contributed by atoms with van der Waals surface area (Å²) in [5.41, 5.74) is 3.35. The molecule has 0 aliphatic carbocycles. The van der Waals surface area contributed by atoms with Crippen LogP contribution in [0, 0.1) is 18.7 Å². The molecule has 10 heteroatoms. The molecule has 2 aliphatic rings. The highest BCUT2D eigenvalue weighted by Gasteiger charge is 2.49. The number of amides is 1. The fraction of sp³-hybridized carbons (Fsp3) is 0.406. The predicted molar refractivity (Wildman–Crippen MR) is 151 cm³/mol. The second-order valence-corrected chi connectivity index (χ2v) is 11.2. The number of aryl methyl sites for hydroxylation is 1. The second kappa shape index (κ2) is 12.5. The van der Waals surface area contributed by atoms with Crippen LogP contribution in [0.25, 0.3) is 0 Å². The molecule has 2 fully saturated rings. The molecule has 0 radical (unpaired) electrons. The summed E-state index contributed by atoms with van der Waals surface area (Å²) in [5.74, 6) is -1.14. The summed E-state index contributed by atoms with van der Waals surface area (Å²) in [7, 11) is 0. The van der Waals surface area contributed by atoms with Crippen LogP contribution in [0.15, 0.2) is 66.7 Å². The Morgan fingerprint density at radius 2 is 1.60 bits per heavy atom. The SMILES string of the molecule is Cc1ccc(N2C(=O)[C@H](CC[C@H](O)c3ccc(F)cc3)[C@H]2c2ccc(C[C@@H]3OC(CO)[C@H](O)[C@H](O)C3O)cc2O)cc1. The fourth-order valence-electron chi connectivity index (χ4n) is 5.91. The third kappa shape index (κ3) is 5.92. The maximum absolute atomic E-state index is 13.4. The summed E-state index contributed by atoms with van der Waals surface area (Å²) < 4.78 is 18.9. The summed E-state index contributed by atoms with van der Waals surface area (Å²) >= 11 is 0. The summed E-state index contributed by atoms with van der Waals surface area (Å²) in [4.78, 5) is 15.0. The van der Waals surface area contributed by atoms with Crippen molar-refractivity contribution >= 4 is 11.6 Å². The van der Waals surface area contributed by atoms with Crippen molar-refractivity contribution in [3.05, 3.63) is 94.8 Å². The van der Waals surface area contributed by atoms with E-state index >= 15 is 0 Å². The van der Waals surface area contributed by atoms with Crippen LogP contribution in [0.5, 0.6) is 5.75 Å². The Labute approximate surface area is 243 Å². The van der Waals surface area contributed by atoms with Crippen LogP contribution in [-0.4, -0.2) is 73.7 Å². The molecule has 2 saturated heterocycles. The van der Waals surface area contributed by atoms with Crippen molar-refractivity contribution in [1.29, 1.82) is 0 Å². The number of carbonyl (C=O) groups is 1. The molecule has 0 saturated carbocycles. The summed E-state index contributed by atoms with van der Waals surface area (Å²) in [6, 6.07) is 17.5. The van der Waals surface area contributed by atoms with E-state index in [4.69, 9.17) is 4.74 Å². The van der Waals surface area contributed by atoms with E-state index in [0.717, 1.165) is 5.56 Å². The monoisotopic (exact) mass is 581 g/mol. The number of β-lactam (4-membered cyclic amide) rings is 1. The zero-order valence-corrected chi connectivity index (χ0v) is 23.1. The molecular formula is C32H36FNO8. The van der Waals surface area contributed by atoms with E-state index in [9.17, 15) is 39.8 Å². The first-order chi connectivity index (χ1) is 20.1. The van der Waals surface area contributed by atoms with Crippen molar-refractivity contribution in [3.63, 3.8) is 0 Å². The molecular weight excluding hydrogens is 545 g/mol. The van der Waals surface area contributed by atoms with Gasteiger partial charge in [0.05, 0.1) is 30.8 Å². The van der Waals surface area contributed by atoms with E-state index in [1.54, 1.807) is 17.0 Å². The number of aromatic hydroxyl groups is 1. The Hall–Kier alpha value is -3.38. The second-order valence-electron chi connectivity index (χ2n) is 11.2. The van der Waals surface area contributed by atoms with Gasteiger partial charge in [0.15, 0.2) is 0 Å². The van der Waals surface area contributed by atoms with Crippen molar-refractivity contribution in [2.45, 2.75) is 68.9 Å². The topological polar surface area (TPSA) is 151 Å². The highest BCUT2D eigenvalue weighted by molar-refractivity contribution is 6.03. The standard InChI is InChI=1S/C32H36FNO8/c1-17-2-9-21(10-3-17)34-28(23(32(34)41)12-13-24(36)19-5-7-20(33)8-6-19)22-11-4-18(14-25(22)37)15-26-29(38)31(40)30(39)27(16-35)42-26/h2-11,14,23-24,26-31,35-40H,12-13,15-16H2,1H3/t23-,24+,26+,27?,28-,29?,30+,31-/m1/s1. The number of anilines is 1. The number of aliphatic hydroxyl groups excluding tert-OH is 5. The number of halogens is 1. The molecule has 3 aromatic rings. The number of hydrogen-bond donors (Lipinski definition) is 6. The van der Waals surface area contributed by atoms with Gasteiger partial charge in [-0.25, -0.2) is 4.39 Å². The molecule has 1 amide bonds. The van der Waals surface area contributed by atoms with Gasteiger partial charge in [-0.15, -0.1) is 0 Å². The smallest absolute Gasteiger partial charge is 0.233 e. The predicted octanol–water partition coefficient (Wildman–Crippen LogP) is 2.44. The number of rotatable bonds is 9. The number of aliphatic hydroxyl groups is 5. The van der Waals surface area contributed by atoms with Gasteiger partial charge in [0.2, 0.25) is 5.91 Å². The molecule has 42 heavy (non-hydrogen) atoms. The zero-order valence-electron chi connectivity index (χ0n) is 23.1. The molecule has 2 aliphatic heterocycles. The molecule has 0 spiro atoms. The lowest BCUT2D eigenvalue weighted by Gasteiger charge is -2.48. The summed E-state index contributed by atoms with van der Waals surface area (Å²) in [6.45, 7) is 1.41. The van der Waals surface area contributed by atoms with E-state index in [2.05, 4.69) is 0 Å². The molecule has 224 valence electrons. The van der Waals surface area contributed by atoms with Gasteiger partial charge in [0.25, 0.3) is 0 Å². The van der Waals surface area contributed by atoms with Crippen molar-refractivity contribution in [1.82, 2.24) is 0 Å². The van der Waals surface area contributed by atoms with E-state index in [1.807, 2.05) is 31.2 Å². The van der Waals surface area contributed by atoms with Gasteiger partial charge in [-0.1, -0.05) is 42.0 Å². The number of nitrogens with zero attached hydrogens (tertiary/aromatic N) is 1. The van der Waals surface area contributed by atoms with Crippen molar-refractivity contribution in [2.75, 3.05) is 11.5 Å². The molecule has 2 heterocycles. The summed E-state index contributed by atoms with van der Waals surface area (Å²) in [5, 5.41) is 61.9. The Morgan fingerprint density at radius 1 is 0.929 bits per heavy atom. The van der Waals surface area contributed by atoms with E-state index in [-0.39, 0.29) is 24.5 Å². The van der Waals surface area contributed by atoms with Crippen LogP contribution in [-0.2, 0) is 16.0 Å². The Bertz CT molecular complexity index is 1380. The summed E-state index contributed by atoms with van der Waals surface area (Å²) in [6.07, 6.45) is -6.52. The first kappa shape index (κ1) is 30.1. The number of carbonyl (C=O) groups excluding carboxylic acids is 1. The molecule has 0 aromatic heterocycles. The Morgan fingerprint density at radius 3 is 2.24 bits per heavy atom. The highest BCUT2D eigenvalue weighted by atomic mass is 19.1. The molecule has 2 unspecified atom stereocenters. The van der Waals surface area contributed by atoms with Gasteiger partial charge in [0.1, 0.15) is 36.0 Å². The van der Waals surface area contributed by atoms with Gasteiger partial charge >= 0.3 is 0 Å². The molecule has 6 N–H and O–H groups in total. The lowest BCUT2D eigenvalue weighted by atomic mass is 9.77. The van der Waals surface area contributed by atoms with Crippen LogP contribution >= 0.6 is 0 Å². The first-order valence-electron chi connectivity index (χ1n) is 14.0. The number of benzene rings is 3. The van der Waals surface area contributed by atoms with Gasteiger partial charge in [0, 0.05) is 17.7 Å². The Balaban J connectivity index is 1.37. The number of phenols is 1. The van der Waals surface area contributed by atoms with Crippen molar-refractivity contribution < 1.29 is 44.6 Å². The van der Waals surface area contributed by atoms with Crippen molar-refractivity contribution in [3.8, 4) is 5.75 Å². The van der Waals surface area contributed by atoms with Crippen LogP contribution < -0.4 is 4.90 Å². The first-order valence-corrected chi connectivity index (χ1v) is 14.0. The number of phenolic OH excluding ortho intramolecular Hbond substituents is 1. The van der Waals surface area contributed by atoms with Crippen LogP contribution in [0.2, 0.25) is 0 Å². The minimum Gasteiger partial charge on any atom is -0.508 e. The van der Waals surface area contributed by atoms with Crippen molar-refractivity contribution in [2.24, 2.45) is 5.92 Å². The molecule has 8 atom stereocenters. The lowest BCUT2D eigenvalue weighted by molar-refractivity contribution is -0.228. The molecule has 3 aromatic carbocycles. The third-order valence-corrected chi connectivity index (χ3v) is 8.37. The largest absolute Gasteiger partial charge is 0.508 e. The van der Waals surface area contributed by atoms with Gasteiger partial charge in [-0.2, -0.15) is 0 Å². The quantitative estimate of drug-likeness (QED) is 0.211. The Kier molecular flexibility index (Phi) is 8.93. The van der Waals surface area contributed by atoms with E-state index in [0.29, 0.717) is 28.8 Å². The van der Waals surface area contributed by atoms with Gasteiger partial charge < -0.3 is 40.3 Å². The maximum Gasteiger partial charge on any atom is 0.233 e. The molecule has 9 nitrogen and oxygen atoms in total. The minimum absolute atomic E-state index is 0.0733. The molecule has 0 bridgehead atoms. The van der Waals surface area contributed by atoms with Crippen LogP contribution in [0.3, 0.4) is 0 Å². The van der Waals surface area contributed by atoms with Crippen LogP contribution in [0.1, 0.15) is 47.2 Å². The normalized spacial score (nSPS) is 28.4. The maximum atomic E-state index is 13.4. The lowest BCUT2D eigenvalue weighted by Crippen LogP contribution is -2.59. The fourth-order valence-corrected chi connectivity index (χ4v) is 5.91. The van der Waals surface area contributed by atoms with E-state index < -0.39 is 61.0 Å². The van der Waals surface area contributed by atoms with Gasteiger partial charge in [-0.05, 0) is 61.2 Å². The van der Waals surface area contributed by atoms with Crippen LogP contribution in [0.4, 0.5) is 10.1 Å². The minimum atomic E-state index is -1.50.